The minimum absolute atomic E-state index is 0.174. The van der Waals surface area contributed by atoms with Crippen LogP contribution in [-0.4, -0.2) is 26.7 Å². The molecule has 1 atom stereocenters. The van der Waals surface area contributed by atoms with Crippen molar-refractivity contribution in [2.75, 3.05) is 5.33 Å². The molecular weight excluding hydrogens is 264 g/mol. The van der Waals surface area contributed by atoms with Gasteiger partial charge in [0, 0.05) is 5.33 Å². The Balaban J connectivity index is 3.13. The largest absolute Gasteiger partial charge is 0.367 e. The monoisotopic (exact) mass is 274 g/mol. The van der Waals surface area contributed by atoms with Crippen LogP contribution in [0.2, 0.25) is 0 Å². The summed E-state index contributed by atoms with van der Waals surface area (Å²) in [5.74, 6) is 0. The van der Waals surface area contributed by atoms with Gasteiger partial charge in [0.1, 0.15) is 0 Å². The van der Waals surface area contributed by atoms with Gasteiger partial charge in [-0.05, 0) is 12.8 Å². The van der Waals surface area contributed by atoms with Crippen molar-refractivity contribution in [3.8, 4) is 0 Å². The number of alkyl halides is 2. The molecule has 0 saturated carbocycles. The molecule has 4 heteroatoms. The molecule has 10 heavy (non-hydrogen) atoms. The lowest BCUT2D eigenvalue weighted by Gasteiger charge is -2.10. The standard InChI is InChI=1S/C6H12Br2O2/c7-4-2-1-3-5(8)6(9)10/h5-6,9-10H,1-4H2. The van der Waals surface area contributed by atoms with Gasteiger partial charge in [-0.25, -0.2) is 0 Å². The Morgan fingerprint density at radius 2 is 1.80 bits per heavy atom. The van der Waals surface area contributed by atoms with Crippen molar-refractivity contribution < 1.29 is 10.2 Å². The van der Waals surface area contributed by atoms with Crippen molar-refractivity contribution in [2.24, 2.45) is 0 Å². The van der Waals surface area contributed by atoms with E-state index in [1.165, 1.54) is 0 Å². The topological polar surface area (TPSA) is 40.5 Å². The normalized spacial score (nSPS) is 14.1. The van der Waals surface area contributed by atoms with Crippen LogP contribution in [0.25, 0.3) is 0 Å². The summed E-state index contributed by atoms with van der Waals surface area (Å²) in [6.07, 6.45) is 1.67. The second kappa shape index (κ2) is 6.58. The summed E-state index contributed by atoms with van der Waals surface area (Å²) in [5, 5.41) is 18.2. The minimum atomic E-state index is -1.23. The third-order valence-electron chi connectivity index (χ3n) is 1.19. The van der Waals surface area contributed by atoms with Crippen LogP contribution in [0, 0.1) is 0 Å². The van der Waals surface area contributed by atoms with Crippen molar-refractivity contribution in [1.29, 1.82) is 0 Å². The zero-order valence-electron chi connectivity index (χ0n) is 5.63. The lowest BCUT2D eigenvalue weighted by atomic mass is 10.2. The summed E-state index contributed by atoms with van der Waals surface area (Å²) in [4.78, 5) is -0.174. The summed E-state index contributed by atoms with van der Waals surface area (Å²) in [7, 11) is 0. The van der Waals surface area contributed by atoms with E-state index in [0.29, 0.717) is 0 Å². The first-order chi connectivity index (χ1) is 4.68. The van der Waals surface area contributed by atoms with Gasteiger partial charge >= 0.3 is 0 Å². The van der Waals surface area contributed by atoms with Crippen molar-refractivity contribution in [2.45, 2.75) is 30.4 Å². The first-order valence-corrected chi connectivity index (χ1v) is 5.28. The second-order valence-corrected chi connectivity index (χ2v) is 4.08. The van der Waals surface area contributed by atoms with Gasteiger partial charge in [-0.2, -0.15) is 0 Å². The number of hydrogen-bond donors (Lipinski definition) is 2. The zero-order valence-corrected chi connectivity index (χ0v) is 8.81. The lowest BCUT2D eigenvalue weighted by molar-refractivity contribution is -0.0400. The third-order valence-corrected chi connectivity index (χ3v) is 2.68. The molecule has 0 heterocycles. The predicted molar refractivity (Wildman–Crippen MR) is 48.6 cm³/mol. The number of unbranched alkanes of at least 4 members (excludes halogenated alkanes) is 1. The minimum Gasteiger partial charge on any atom is -0.367 e. The molecule has 0 aliphatic carbocycles. The molecule has 0 aliphatic heterocycles. The predicted octanol–water partition coefficient (Wildman–Crippen LogP) is 1.63. The number of halogens is 2. The van der Waals surface area contributed by atoms with Crippen LogP contribution in [-0.2, 0) is 0 Å². The molecule has 2 nitrogen and oxygen atoms in total. The van der Waals surface area contributed by atoms with Crippen molar-refractivity contribution in [1.82, 2.24) is 0 Å². The number of hydrogen-bond acceptors (Lipinski definition) is 2. The van der Waals surface area contributed by atoms with Gasteiger partial charge in [-0.3, -0.25) is 0 Å². The lowest BCUT2D eigenvalue weighted by Crippen LogP contribution is -2.18. The van der Waals surface area contributed by atoms with Crippen LogP contribution in [0.4, 0.5) is 0 Å². The fourth-order valence-electron chi connectivity index (χ4n) is 0.583. The van der Waals surface area contributed by atoms with Gasteiger partial charge in [0.25, 0.3) is 0 Å². The molecule has 0 rings (SSSR count). The number of rotatable bonds is 5. The fraction of sp³-hybridized carbons (Fsp3) is 1.00. The maximum absolute atomic E-state index is 8.62. The molecule has 0 spiro atoms. The Morgan fingerprint density at radius 1 is 1.20 bits per heavy atom. The van der Waals surface area contributed by atoms with Crippen molar-refractivity contribution in [3.63, 3.8) is 0 Å². The average molecular weight is 276 g/mol. The van der Waals surface area contributed by atoms with Crippen LogP contribution in [0.15, 0.2) is 0 Å². The van der Waals surface area contributed by atoms with E-state index in [2.05, 4.69) is 31.9 Å². The summed E-state index contributed by atoms with van der Waals surface area (Å²) < 4.78 is 0. The molecule has 0 aromatic rings. The van der Waals surface area contributed by atoms with Crippen LogP contribution in [0.1, 0.15) is 19.3 Å². The first-order valence-electron chi connectivity index (χ1n) is 3.24. The molecule has 0 bridgehead atoms. The first kappa shape index (κ1) is 10.9. The summed E-state index contributed by atoms with van der Waals surface area (Å²) in [6.45, 7) is 0. The molecule has 0 aromatic carbocycles. The summed E-state index contributed by atoms with van der Waals surface area (Å²) >= 11 is 6.45. The highest BCUT2D eigenvalue weighted by atomic mass is 79.9. The molecule has 0 fully saturated rings. The van der Waals surface area contributed by atoms with Gasteiger partial charge < -0.3 is 10.2 Å². The van der Waals surface area contributed by atoms with Gasteiger partial charge in [0.2, 0.25) is 0 Å². The molecule has 2 N–H and O–H groups in total. The summed E-state index contributed by atoms with van der Waals surface area (Å²) in [5.41, 5.74) is 0. The average Bonchev–Trinajstić information content (AvgIpc) is 1.88. The van der Waals surface area contributed by atoms with E-state index in [4.69, 9.17) is 10.2 Å². The van der Waals surface area contributed by atoms with Crippen molar-refractivity contribution >= 4 is 31.9 Å². The number of aliphatic hydroxyl groups excluding tert-OH is 1. The van der Waals surface area contributed by atoms with E-state index in [1.54, 1.807) is 0 Å². The van der Waals surface area contributed by atoms with E-state index < -0.39 is 6.29 Å². The zero-order chi connectivity index (χ0) is 7.98. The van der Waals surface area contributed by atoms with E-state index in [-0.39, 0.29) is 4.83 Å². The number of aliphatic hydroxyl groups is 2. The fourth-order valence-corrected chi connectivity index (χ4v) is 1.30. The Bertz CT molecular complexity index is 78.1. The Hall–Kier alpha value is 0.880. The smallest absolute Gasteiger partial charge is 0.164 e. The van der Waals surface area contributed by atoms with E-state index in [1.807, 2.05) is 0 Å². The molecular formula is C6H12Br2O2. The van der Waals surface area contributed by atoms with Gasteiger partial charge in [-0.1, -0.05) is 38.3 Å². The quantitative estimate of drug-likeness (QED) is 0.455. The SMILES string of the molecule is OC(O)C(Br)CCCCBr. The molecule has 1 unspecified atom stereocenters. The van der Waals surface area contributed by atoms with Crippen LogP contribution in [0.3, 0.4) is 0 Å². The molecule has 62 valence electrons. The Labute approximate surface area is 77.9 Å². The van der Waals surface area contributed by atoms with Crippen molar-refractivity contribution in [3.05, 3.63) is 0 Å². The third kappa shape index (κ3) is 5.65. The highest BCUT2D eigenvalue weighted by molar-refractivity contribution is 9.09. The van der Waals surface area contributed by atoms with Crippen LogP contribution < -0.4 is 0 Å². The van der Waals surface area contributed by atoms with E-state index >= 15 is 0 Å². The molecule has 0 saturated heterocycles. The highest BCUT2D eigenvalue weighted by Crippen LogP contribution is 2.12. The Morgan fingerprint density at radius 3 is 2.20 bits per heavy atom. The maximum atomic E-state index is 8.62. The van der Waals surface area contributed by atoms with Gasteiger partial charge in [0.05, 0.1) is 4.83 Å². The molecule has 0 amide bonds. The van der Waals surface area contributed by atoms with Gasteiger partial charge in [0.15, 0.2) is 6.29 Å². The van der Waals surface area contributed by atoms with Crippen LogP contribution in [0.5, 0.6) is 0 Å². The van der Waals surface area contributed by atoms with Gasteiger partial charge in [-0.15, -0.1) is 0 Å². The van der Waals surface area contributed by atoms with E-state index in [9.17, 15) is 0 Å². The molecule has 0 aliphatic rings. The molecule has 0 aromatic heterocycles. The van der Waals surface area contributed by atoms with E-state index in [0.717, 1.165) is 24.6 Å². The highest BCUT2D eigenvalue weighted by Gasteiger charge is 2.10. The molecule has 0 radical (unpaired) electrons. The Kier molecular flexibility index (Phi) is 7.16. The van der Waals surface area contributed by atoms with Crippen LogP contribution >= 0.6 is 31.9 Å². The maximum Gasteiger partial charge on any atom is 0.164 e. The summed E-state index contributed by atoms with van der Waals surface area (Å²) in [6, 6.07) is 0. The second-order valence-electron chi connectivity index (χ2n) is 2.11.